The van der Waals surface area contributed by atoms with Crippen molar-refractivity contribution in [3.63, 3.8) is 0 Å². The minimum Gasteiger partial charge on any atom is -0.504 e. The first-order valence-corrected chi connectivity index (χ1v) is 47.2. The largest absolute Gasteiger partial charge is 0.504 e. The number of carboxylic acids is 3. The molecule has 0 aromatic heterocycles. The van der Waals surface area contributed by atoms with E-state index in [2.05, 4.69) is 125 Å². The summed E-state index contributed by atoms with van der Waals surface area (Å²) in [7, 11) is 1.00. The van der Waals surface area contributed by atoms with Gasteiger partial charge in [0.15, 0.2) is 44.1 Å². The van der Waals surface area contributed by atoms with Crippen molar-refractivity contribution in [1.82, 2.24) is 0 Å². The Morgan fingerprint density at radius 1 is 0.433 bits per heavy atom. The number of esters is 4. The van der Waals surface area contributed by atoms with Crippen molar-refractivity contribution >= 4 is 99.1 Å². The molecule has 0 amide bonds. The first-order valence-electron chi connectivity index (χ1n) is 45.0. The fraction of sp³-hybridized carbons (Fsp3) is 0.660. The molecule has 2 aromatic rings. The number of carbonyl (C=O) groups excluding carboxylic acids is 8. The van der Waals surface area contributed by atoms with Crippen LogP contribution in [0.4, 0.5) is 0 Å². The van der Waals surface area contributed by atoms with Gasteiger partial charge in [-0.3, -0.25) is 52.7 Å². The number of benzene rings is 2. The van der Waals surface area contributed by atoms with E-state index in [0.717, 1.165) is 156 Å². The molecule has 7 N–H and O–H groups in total. The van der Waals surface area contributed by atoms with Crippen molar-refractivity contribution in [3.05, 3.63) is 115 Å². The summed E-state index contributed by atoms with van der Waals surface area (Å²) in [6, 6.07) is 3.60. The molecule has 9 fully saturated rings. The Morgan fingerprint density at radius 3 is 1.11 bits per heavy atom. The SMILES string of the molecule is C.CC(=O)OC(C)=O.CC(=O)Oc1cc2c(c(C)c1OC(C)=O)C(SC(C)=O)C=C1[C@@]2(C)CC[C@@]2(C)[C@@H]3C[C@](C)(C(=O)O)CC[C@]3(C)CC[C@]12C.CC(=O)S.CC(=O)SC1C=C2[C@@](C)(CC[C@@]3(C)[C@@H]4C[C@](C)(C(=O)O)CC[C@]4(C)CC[C@]23C)c2cc(O)c(O)c(C)c21.CC1=C(O)C(=O)C=C2C1=CC=C1[C@@]2(C)CC[C@@]2(C)[C@@H]3C[C@](C)(C(=O)O)CC[C@]3(C)CC[C@]12C.CO. The Kier molecular flexibility index (Phi) is 28.9. The summed E-state index contributed by atoms with van der Waals surface area (Å²) in [4.78, 5) is 128. The van der Waals surface area contributed by atoms with E-state index >= 15 is 0 Å². The number of aliphatic hydroxyl groups excluding tert-OH is 2. The summed E-state index contributed by atoms with van der Waals surface area (Å²) in [6.07, 6.45) is 29.6. The van der Waals surface area contributed by atoms with Gasteiger partial charge in [0, 0.05) is 83.0 Å². The van der Waals surface area contributed by atoms with E-state index in [-0.39, 0.29) is 139 Å². The highest BCUT2D eigenvalue weighted by Gasteiger charge is 2.72. The van der Waals surface area contributed by atoms with Crippen LogP contribution in [0, 0.1) is 102 Å². The highest BCUT2D eigenvalue weighted by molar-refractivity contribution is 8.14. The van der Waals surface area contributed by atoms with Crippen LogP contribution in [0.5, 0.6) is 23.0 Å². The van der Waals surface area contributed by atoms with Crippen LogP contribution in [-0.2, 0) is 68.3 Å². The predicted molar refractivity (Wildman–Crippen MR) is 498 cm³/mol. The third-order valence-electron chi connectivity index (χ3n) is 35.9. The number of fused-ring (bicyclic) bond motifs is 21. The topological polar surface area (TPSA) is 357 Å². The van der Waals surface area contributed by atoms with Crippen molar-refractivity contribution < 1.29 is 103 Å². The molecule has 0 heterocycles. The molecule has 9 saturated carbocycles. The van der Waals surface area contributed by atoms with Crippen LogP contribution in [0.2, 0.25) is 0 Å². The normalized spacial score (nSPS) is 38.1. The van der Waals surface area contributed by atoms with Crippen LogP contribution in [0.1, 0.15) is 345 Å². The summed E-state index contributed by atoms with van der Waals surface area (Å²) in [5.74, 6) is -3.52. The third-order valence-corrected chi connectivity index (χ3v) is 37.8. The second kappa shape index (κ2) is 35.5. The molecule has 15 rings (SSSR count). The Bertz CT molecular complexity index is 5080. The molecule has 0 saturated heterocycles. The number of thioether (sulfide) groups is 2. The van der Waals surface area contributed by atoms with Crippen LogP contribution in [0.25, 0.3) is 0 Å². The molecule has 700 valence electrons. The summed E-state index contributed by atoms with van der Waals surface area (Å²) in [6.45, 7) is 49.3. The van der Waals surface area contributed by atoms with E-state index in [1.54, 1.807) is 26.0 Å². The summed E-state index contributed by atoms with van der Waals surface area (Å²) < 4.78 is 15.2. The molecule has 13 aliphatic carbocycles. The second-order valence-corrected chi connectivity index (χ2v) is 46.5. The Labute approximate surface area is 767 Å². The zero-order valence-corrected chi connectivity index (χ0v) is 81.9. The van der Waals surface area contributed by atoms with Crippen LogP contribution < -0.4 is 9.47 Å². The number of aromatic hydroxyl groups is 2. The van der Waals surface area contributed by atoms with Gasteiger partial charge in [0.25, 0.3) is 0 Å². The predicted octanol–water partition coefficient (Wildman–Crippen LogP) is 22.8. The first kappa shape index (κ1) is 103. The number of carboxylic acid groups (broad SMARTS) is 3. The zero-order chi connectivity index (χ0) is 94.9. The number of hydrogen-bond acceptors (Lipinski definition) is 20. The summed E-state index contributed by atoms with van der Waals surface area (Å²) in [5.41, 5.74) is 8.57. The zero-order valence-electron chi connectivity index (χ0n) is 79.4. The molecule has 127 heavy (non-hydrogen) atoms. The average molecular weight is 1810 g/mol. The lowest BCUT2D eigenvalue weighted by atomic mass is 9.34. The fourth-order valence-electron chi connectivity index (χ4n) is 27.6. The lowest BCUT2D eigenvalue weighted by Gasteiger charge is -2.70. The fourth-order valence-corrected chi connectivity index (χ4v) is 29.6. The number of ether oxygens (including phenoxy) is 3. The Morgan fingerprint density at radius 2 is 0.772 bits per heavy atom. The van der Waals surface area contributed by atoms with E-state index in [0.29, 0.717) is 41.9 Å². The highest BCUT2D eigenvalue weighted by atomic mass is 32.2. The molecule has 0 radical (unpaired) electrons. The minimum atomic E-state index is -0.740. The van der Waals surface area contributed by atoms with Gasteiger partial charge in [0.05, 0.1) is 26.7 Å². The maximum atomic E-state index is 12.7. The number of hydrogen-bond donors (Lipinski definition) is 8. The molecule has 21 nitrogen and oxygen atoms in total. The molecule has 0 bridgehead atoms. The van der Waals surface area contributed by atoms with Gasteiger partial charge in [-0.1, -0.05) is 155 Å². The lowest BCUT2D eigenvalue weighted by molar-refractivity contribution is -0.178. The molecular formula is C103H144O21S3. The number of thiol groups is 1. The number of rotatable bonds is 7. The van der Waals surface area contributed by atoms with E-state index in [9.17, 15) is 83.4 Å². The second-order valence-electron chi connectivity index (χ2n) is 43.3. The first-order chi connectivity index (χ1) is 57.9. The van der Waals surface area contributed by atoms with Crippen molar-refractivity contribution in [2.45, 2.75) is 337 Å². The molecule has 24 heteroatoms. The van der Waals surface area contributed by atoms with Gasteiger partial charge >= 0.3 is 41.8 Å². The number of allylic oxidation sites excluding steroid dienone is 9. The van der Waals surface area contributed by atoms with Crippen LogP contribution in [0.3, 0.4) is 0 Å². The van der Waals surface area contributed by atoms with Crippen LogP contribution in [0.15, 0.2) is 81.7 Å². The maximum absolute atomic E-state index is 12.7. The minimum absolute atomic E-state index is 0. The van der Waals surface area contributed by atoms with Crippen molar-refractivity contribution in [1.29, 1.82) is 0 Å². The quantitative estimate of drug-likeness (QED) is 0.0319. The van der Waals surface area contributed by atoms with Crippen LogP contribution >= 0.6 is 36.2 Å². The van der Waals surface area contributed by atoms with Gasteiger partial charge in [-0.15, -0.1) is 12.6 Å². The van der Waals surface area contributed by atoms with Gasteiger partial charge < -0.3 is 50.0 Å². The van der Waals surface area contributed by atoms with E-state index in [4.69, 9.17) is 14.6 Å². The average Bonchev–Trinajstić information content (AvgIpc) is 0.681. The molecule has 0 aliphatic heterocycles. The molecular weight excluding hydrogens is 1670 g/mol. The van der Waals surface area contributed by atoms with Gasteiger partial charge in [0.2, 0.25) is 5.78 Å². The lowest BCUT2D eigenvalue weighted by Crippen LogP contribution is -2.62. The number of phenolic OH excluding ortho intramolecular Hbond substituents is 2. The van der Waals surface area contributed by atoms with Crippen molar-refractivity contribution in [2.75, 3.05) is 7.11 Å². The van der Waals surface area contributed by atoms with Crippen molar-refractivity contribution in [2.24, 2.45) is 88.1 Å². The number of phenols is 2. The number of carbonyl (C=O) groups is 11. The third kappa shape index (κ3) is 17.1. The Balaban J connectivity index is 0.000000201. The van der Waals surface area contributed by atoms with E-state index in [1.807, 2.05) is 47.6 Å². The molecule has 13 aliphatic rings. The van der Waals surface area contributed by atoms with E-state index < -0.39 is 63.4 Å². The van der Waals surface area contributed by atoms with Gasteiger partial charge in [0.1, 0.15) is 0 Å². The van der Waals surface area contributed by atoms with Gasteiger partial charge in [-0.05, 0) is 300 Å². The standard InChI is InChI=1S/C35H46O7S.C31H42O5S.C29H38O4.C4H6O3.C2H4OS.CH4O.CH4/c1-19-28-23(16-24(41-20(2)36)29(19)42-21(3)37)33(7)13-15-35(9)27-18-32(6,30(39)40)11-10-31(27,5)12-14-34(35,8)26(33)17-25(28)43-22(4)38;1-17-24-19(14-20(33)25(17)34)29(5)11-13-31(7)23-16-28(4,26(35)36)9-8-27(23,3)10-12-30(31,6)22(29)15-21(24)37-18(2)32;1-17-18-7-8-21-27(4,19(18)15-20(30)23(17)31)12-14-29(6)22-16-26(3,24(32)33)10-9-25(22,2)11-13-28(21,29)5;1-3(5)7-4(2)6;1-2(3)4;1-2;/h16-17,25,27H,10-15,18H2,1-9H3,(H,39,40);14-15,21,23,33-34H,8-13,16H2,1-7H3,(H,35,36);7-8,15,22,31H,9-14,16H2,1-6H3,(H,32,33);1-2H3;1H3,(H,3,4);2H,1H3;1H4/t25?,27-,31-,32-,33+,34-,35+;21?,23-,27-,28-,29+,30-,31+;22-,25-,26-,27+,28-,29+;;;;/m111..../s1. The highest BCUT2D eigenvalue weighted by Crippen LogP contribution is 2.80. The van der Waals surface area contributed by atoms with Gasteiger partial charge in [-0.2, -0.15) is 0 Å². The summed E-state index contributed by atoms with van der Waals surface area (Å²) in [5, 5.41) is 68.4. The maximum Gasteiger partial charge on any atom is 0.310 e. The van der Waals surface area contributed by atoms with Crippen molar-refractivity contribution in [3.8, 4) is 23.0 Å². The molecule has 2 unspecified atom stereocenters. The van der Waals surface area contributed by atoms with Crippen LogP contribution in [-0.4, -0.2) is 106 Å². The van der Waals surface area contributed by atoms with Gasteiger partial charge in [-0.25, -0.2) is 0 Å². The smallest absolute Gasteiger partial charge is 0.310 e. The monoisotopic (exact) mass is 1810 g/mol. The molecule has 20 atom stereocenters. The molecule has 0 spiro atoms. The number of ketones is 1. The Hall–Kier alpha value is -7.54. The molecule has 2 aromatic carbocycles. The van der Waals surface area contributed by atoms with E-state index in [1.165, 1.54) is 74.9 Å². The summed E-state index contributed by atoms with van der Waals surface area (Å²) >= 11 is 5.86. The number of aliphatic hydroxyl groups is 2. The number of aliphatic carboxylic acids is 3.